The summed E-state index contributed by atoms with van der Waals surface area (Å²) in [5.74, 6) is 0. The Morgan fingerprint density at radius 3 is 2.86 bits per heavy atom. The van der Waals surface area contributed by atoms with Crippen molar-refractivity contribution in [1.82, 2.24) is 4.98 Å². The van der Waals surface area contributed by atoms with Crippen molar-refractivity contribution >= 4 is 23.1 Å². The molecule has 3 rings (SSSR count). The molecule has 114 valence electrons. The van der Waals surface area contributed by atoms with Crippen LogP contribution in [0.1, 0.15) is 48.1 Å². The molecule has 2 aromatic rings. The van der Waals surface area contributed by atoms with Gasteiger partial charge in [0, 0.05) is 33.4 Å². The molecule has 2 nitrogen and oxygen atoms in total. The van der Waals surface area contributed by atoms with E-state index in [0.717, 1.165) is 11.4 Å². The van der Waals surface area contributed by atoms with Crippen LogP contribution in [0.5, 0.6) is 0 Å². The van der Waals surface area contributed by atoms with Gasteiger partial charge in [0.25, 0.3) is 0 Å². The molecular weight excluding hydrogens is 288 g/mol. The average molecular weight is 310 g/mol. The highest BCUT2D eigenvalue weighted by molar-refractivity contribution is 7.13. The molecular formula is C19H22N2S. The second kappa shape index (κ2) is 7.41. The van der Waals surface area contributed by atoms with E-state index in [2.05, 4.69) is 41.2 Å². The summed E-state index contributed by atoms with van der Waals surface area (Å²) in [5, 5.41) is 0. The maximum Gasteiger partial charge on any atom is 0.0737 e. The number of rotatable bonds is 7. The predicted molar refractivity (Wildman–Crippen MR) is 96.6 cm³/mol. The summed E-state index contributed by atoms with van der Waals surface area (Å²) in [7, 11) is 0. The number of H-pyrrole nitrogens is 1. The van der Waals surface area contributed by atoms with Crippen LogP contribution in [0.15, 0.2) is 53.3 Å². The molecule has 0 saturated heterocycles. The van der Waals surface area contributed by atoms with Gasteiger partial charge in [0.05, 0.1) is 5.70 Å². The number of hydrogen-bond acceptors (Lipinski definition) is 2. The molecule has 0 aliphatic carbocycles. The van der Waals surface area contributed by atoms with Crippen molar-refractivity contribution in [3.05, 3.63) is 63.8 Å². The fraction of sp³-hybridized carbons (Fsp3) is 0.316. The number of allylic oxidation sites excluding steroid dienone is 2. The molecule has 2 aromatic heterocycles. The number of aromatic nitrogens is 1. The van der Waals surface area contributed by atoms with E-state index < -0.39 is 0 Å². The summed E-state index contributed by atoms with van der Waals surface area (Å²) in [6.45, 7) is 2.26. The summed E-state index contributed by atoms with van der Waals surface area (Å²) >= 11 is 1.90. The number of aryl methyl sites for hydroxylation is 1. The highest BCUT2D eigenvalue weighted by Gasteiger charge is 2.14. The van der Waals surface area contributed by atoms with Gasteiger partial charge < -0.3 is 4.98 Å². The van der Waals surface area contributed by atoms with Crippen molar-refractivity contribution in [2.75, 3.05) is 0 Å². The zero-order valence-electron chi connectivity index (χ0n) is 13.0. The minimum absolute atomic E-state index is 1.04. The Morgan fingerprint density at radius 2 is 2.14 bits per heavy atom. The summed E-state index contributed by atoms with van der Waals surface area (Å²) < 4.78 is 0. The van der Waals surface area contributed by atoms with Crippen molar-refractivity contribution < 1.29 is 0 Å². The van der Waals surface area contributed by atoms with Crippen LogP contribution in [0.25, 0.3) is 5.57 Å². The Morgan fingerprint density at radius 1 is 1.18 bits per heavy atom. The average Bonchev–Trinajstić information content (AvgIpc) is 3.28. The molecule has 1 N–H and O–H groups in total. The highest BCUT2D eigenvalue weighted by Crippen LogP contribution is 2.33. The smallest absolute Gasteiger partial charge is 0.0737 e. The molecule has 1 aliphatic heterocycles. The molecule has 22 heavy (non-hydrogen) atoms. The van der Waals surface area contributed by atoms with E-state index in [1.54, 1.807) is 0 Å². The van der Waals surface area contributed by atoms with Crippen molar-refractivity contribution in [2.24, 2.45) is 4.99 Å². The number of thiophene rings is 1. The second-order valence-corrected chi connectivity index (χ2v) is 6.73. The molecule has 1 aliphatic rings. The zero-order valence-corrected chi connectivity index (χ0v) is 13.8. The summed E-state index contributed by atoms with van der Waals surface area (Å²) in [4.78, 5) is 10.6. The largest absolute Gasteiger partial charge is 0.361 e. The number of nitrogens with zero attached hydrogens (tertiary/aromatic N) is 1. The van der Waals surface area contributed by atoms with Gasteiger partial charge in [-0.3, -0.25) is 4.99 Å². The van der Waals surface area contributed by atoms with Gasteiger partial charge in [-0.25, -0.2) is 0 Å². The van der Waals surface area contributed by atoms with Crippen LogP contribution in [0.3, 0.4) is 0 Å². The lowest BCUT2D eigenvalue weighted by Gasteiger charge is -2.05. The topological polar surface area (TPSA) is 28.1 Å². The van der Waals surface area contributed by atoms with Crippen LogP contribution >= 0.6 is 11.3 Å². The highest BCUT2D eigenvalue weighted by atomic mass is 32.1. The third-order valence-corrected chi connectivity index (χ3v) is 5.02. The maximum atomic E-state index is 4.49. The molecule has 0 atom stereocenters. The van der Waals surface area contributed by atoms with E-state index in [0.29, 0.717) is 0 Å². The van der Waals surface area contributed by atoms with Crippen LogP contribution in [0, 0.1) is 0 Å². The van der Waals surface area contributed by atoms with Gasteiger partial charge in [-0.2, -0.15) is 0 Å². The normalized spacial score (nSPS) is 15.7. The van der Waals surface area contributed by atoms with Gasteiger partial charge in [0.1, 0.15) is 0 Å². The lowest BCUT2D eigenvalue weighted by molar-refractivity contribution is 0.670. The minimum atomic E-state index is 1.04. The van der Waals surface area contributed by atoms with E-state index in [-0.39, 0.29) is 0 Å². The van der Waals surface area contributed by atoms with E-state index in [1.165, 1.54) is 47.4 Å². The molecule has 3 heterocycles. The van der Waals surface area contributed by atoms with Crippen LogP contribution in [-0.2, 0) is 6.42 Å². The second-order valence-electron chi connectivity index (χ2n) is 5.56. The van der Waals surface area contributed by atoms with Gasteiger partial charge >= 0.3 is 0 Å². The fourth-order valence-electron chi connectivity index (χ4n) is 2.70. The third-order valence-electron chi connectivity index (χ3n) is 3.86. The van der Waals surface area contributed by atoms with Crippen molar-refractivity contribution in [1.29, 1.82) is 0 Å². The number of aliphatic imine (C=N–C) groups is 1. The molecule has 0 spiro atoms. The fourth-order valence-corrected chi connectivity index (χ4v) is 3.82. The maximum absolute atomic E-state index is 4.49. The molecule has 3 heteroatoms. The molecule has 0 aromatic carbocycles. The Hall–Kier alpha value is -1.87. The van der Waals surface area contributed by atoms with Gasteiger partial charge in [-0.15, -0.1) is 11.3 Å². The van der Waals surface area contributed by atoms with Gasteiger partial charge in [-0.05, 0) is 49.3 Å². The first-order chi connectivity index (χ1) is 10.9. The molecule has 0 bridgehead atoms. The summed E-state index contributed by atoms with van der Waals surface area (Å²) in [6.07, 6.45) is 14.4. The van der Waals surface area contributed by atoms with E-state index in [4.69, 9.17) is 0 Å². The molecule has 0 amide bonds. The molecule has 0 unspecified atom stereocenters. The number of hydrogen-bond donors (Lipinski definition) is 1. The van der Waals surface area contributed by atoms with Crippen LogP contribution in [0.4, 0.5) is 0 Å². The van der Waals surface area contributed by atoms with E-state index >= 15 is 0 Å². The monoisotopic (exact) mass is 310 g/mol. The lowest BCUT2D eigenvalue weighted by Crippen LogP contribution is -1.88. The van der Waals surface area contributed by atoms with Gasteiger partial charge in [-0.1, -0.05) is 26.2 Å². The quantitative estimate of drug-likeness (QED) is 0.645. The molecule has 0 saturated carbocycles. The molecule has 0 fully saturated rings. The lowest BCUT2D eigenvalue weighted by atomic mass is 10.1. The summed E-state index contributed by atoms with van der Waals surface area (Å²) in [6, 6.07) is 8.67. The Balaban J connectivity index is 1.81. The summed E-state index contributed by atoms with van der Waals surface area (Å²) in [5.41, 5.74) is 3.39. The first kappa shape index (κ1) is 15.0. The van der Waals surface area contributed by atoms with Gasteiger partial charge in [0.2, 0.25) is 0 Å². The Bertz CT molecular complexity index is 673. The molecule has 0 radical (unpaired) electrons. The standard InChI is InChI=1S/C19H22N2S/c1-2-3-4-5-8-15-11-12-18(22-15)19(16-9-6-13-20-16)17-10-7-14-21-17/h6-7,9-14,20H,2-5,8H2,1H3/b19-17+. The van der Waals surface area contributed by atoms with E-state index in [9.17, 15) is 0 Å². The first-order valence-corrected chi connectivity index (χ1v) is 8.88. The first-order valence-electron chi connectivity index (χ1n) is 8.06. The van der Waals surface area contributed by atoms with E-state index in [1.807, 2.05) is 35.9 Å². The van der Waals surface area contributed by atoms with Crippen molar-refractivity contribution in [3.63, 3.8) is 0 Å². The Labute approximate surface area is 136 Å². The van der Waals surface area contributed by atoms with Crippen LogP contribution < -0.4 is 0 Å². The SMILES string of the molecule is CCCCCCc1ccc(/C(=C2\C=CC=N2)c2ccc[nH]2)s1. The van der Waals surface area contributed by atoms with Gasteiger partial charge in [0.15, 0.2) is 0 Å². The zero-order chi connectivity index (χ0) is 15.2. The van der Waals surface area contributed by atoms with Crippen molar-refractivity contribution in [3.8, 4) is 0 Å². The van der Waals surface area contributed by atoms with Crippen molar-refractivity contribution in [2.45, 2.75) is 39.0 Å². The third kappa shape index (κ3) is 3.47. The number of unbranched alkanes of at least 4 members (excludes halogenated alkanes) is 3. The van der Waals surface area contributed by atoms with Crippen LogP contribution in [-0.4, -0.2) is 11.2 Å². The Kier molecular flexibility index (Phi) is 5.07. The minimum Gasteiger partial charge on any atom is -0.361 e. The number of aromatic amines is 1. The number of nitrogens with one attached hydrogen (secondary N) is 1. The predicted octanol–water partition coefficient (Wildman–Crippen LogP) is 5.60. The van der Waals surface area contributed by atoms with Crippen LogP contribution in [0.2, 0.25) is 0 Å².